The Balaban J connectivity index is 1.34. The molecule has 1 aliphatic heterocycles. The highest BCUT2D eigenvalue weighted by molar-refractivity contribution is 8.00. The smallest absolute Gasteiger partial charge is 0.0547 e. The zero-order chi connectivity index (χ0) is 33.7. The van der Waals surface area contributed by atoms with Crippen molar-refractivity contribution in [3.63, 3.8) is 0 Å². The Morgan fingerprint density at radius 3 is 1.49 bits per heavy atom. The molecule has 0 atom stereocenters. The Labute approximate surface area is 306 Å². The van der Waals surface area contributed by atoms with E-state index in [4.69, 9.17) is 0 Å². The molecule has 10 rings (SSSR count). The topological polar surface area (TPSA) is 4.93 Å². The van der Waals surface area contributed by atoms with Crippen LogP contribution < -0.4 is 0 Å². The second kappa shape index (κ2) is 12.5. The fourth-order valence-corrected chi connectivity index (χ4v) is 9.99. The van der Waals surface area contributed by atoms with Gasteiger partial charge in [-0.2, -0.15) is 0 Å². The van der Waals surface area contributed by atoms with Crippen LogP contribution >= 0.6 is 23.5 Å². The fourth-order valence-electron chi connectivity index (χ4n) is 7.72. The maximum Gasteiger partial charge on any atom is 0.0547 e. The fraction of sp³-hybridized carbons (Fsp3) is 0. The van der Waals surface area contributed by atoms with Gasteiger partial charge < -0.3 is 4.57 Å². The normalized spacial score (nSPS) is 12.2. The van der Waals surface area contributed by atoms with E-state index in [1.807, 2.05) is 23.5 Å². The highest BCUT2D eigenvalue weighted by atomic mass is 32.2. The first-order valence-electron chi connectivity index (χ1n) is 17.3. The molecule has 0 fully saturated rings. The Bertz CT molecular complexity index is 2740. The molecule has 1 aliphatic rings. The van der Waals surface area contributed by atoms with Crippen LogP contribution in [0.3, 0.4) is 0 Å². The van der Waals surface area contributed by atoms with Crippen molar-refractivity contribution in [2.24, 2.45) is 0 Å². The lowest BCUT2D eigenvalue weighted by molar-refractivity contribution is 1.18. The molecule has 3 heteroatoms. The minimum atomic E-state index is 1.16. The number of para-hydroxylation sites is 2. The Morgan fingerprint density at radius 2 is 0.784 bits per heavy atom. The highest BCUT2D eigenvalue weighted by Gasteiger charge is 2.26. The molecule has 0 unspecified atom stereocenters. The van der Waals surface area contributed by atoms with E-state index in [1.165, 1.54) is 85.9 Å². The summed E-state index contributed by atoms with van der Waals surface area (Å²) in [6, 6.07) is 68.8. The quantitative estimate of drug-likeness (QED) is 0.182. The number of aromatic nitrogens is 1. The molecule has 0 N–H and O–H groups in total. The number of nitrogens with zero attached hydrogens (tertiary/aromatic N) is 1. The molecule has 0 aliphatic carbocycles. The van der Waals surface area contributed by atoms with Gasteiger partial charge in [0.05, 0.1) is 11.0 Å². The van der Waals surface area contributed by atoms with Gasteiger partial charge in [-0.15, -0.1) is 0 Å². The van der Waals surface area contributed by atoms with Crippen LogP contribution in [0.1, 0.15) is 0 Å². The van der Waals surface area contributed by atoms with Gasteiger partial charge in [0, 0.05) is 47.2 Å². The molecular weight excluding hydrogens is 655 g/mol. The molecule has 2 heterocycles. The molecule has 0 amide bonds. The van der Waals surface area contributed by atoms with Crippen molar-refractivity contribution in [1.29, 1.82) is 0 Å². The Hall–Kier alpha value is -5.74. The monoisotopic (exact) mass is 685 g/mol. The molecule has 0 radical (unpaired) electrons. The minimum Gasteiger partial charge on any atom is -0.309 e. The molecule has 51 heavy (non-hydrogen) atoms. The largest absolute Gasteiger partial charge is 0.309 e. The lowest BCUT2D eigenvalue weighted by Crippen LogP contribution is -1.97. The first-order valence-corrected chi connectivity index (χ1v) is 18.9. The average molecular weight is 686 g/mol. The first-order chi connectivity index (χ1) is 25.3. The maximum atomic E-state index is 2.41. The number of hydrogen-bond acceptors (Lipinski definition) is 2. The highest BCUT2D eigenvalue weighted by Crippen LogP contribution is 2.54. The molecule has 0 saturated carbocycles. The van der Waals surface area contributed by atoms with Crippen LogP contribution in [-0.2, 0) is 0 Å². The lowest BCUT2D eigenvalue weighted by atomic mass is 9.88. The van der Waals surface area contributed by atoms with Gasteiger partial charge in [-0.3, -0.25) is 0 Å². The number of benzene rings is 8. The van der Waals surface area contributed by atoms with E-state index >= 15 is 0 Å². The molecular formula is C48H31NS2. The Kier molecular flexibility index (Phi) is 7.41. The standard InChI is InChI=1S/C48H31NS2/c1-3-16-32(17-4-1)34-23-14-30-44-47(34)48-38(25-15-31-45(48)51-43-29-12-9-21-36(43)35-20-8-11-28-42(35)50-44)37-24-13-27-41-46(37)39-22-7-10-26-40(39)49(41)33-18-5-2-6-19-33/h1-31H. The van der Waals surface area contributed by atoms with Crippen LogP contribution in [-0.4, -0.2) is 4.57 Å². The van der Waals surface area contributed by atoms with Crippen molar-refractivity contribution in [3.8, 4) is 50.2 Å². The van der Waals surface area contributed by atoms with Gasteiger partial charge in [-0.25, -0.2) is 0 Å². The van der Waals surface area contributed by atoms with E-state index in [2.05, 4.69) is 193 Å². The third-order valence-electron chi connectivity index (χ3n) is 9.89. The third-order valence-corrected chi connectivity index (χ3v) is 12.2. The van der Waals surface area contributed by atoms with Crippen LogP contribution in [0.2, 0.25) is 0 Å². The van der Waals surface area contributed by atoms with Crippen molar-refractivity contribution >= 4 is 45.3 Å². The van der Waals surface area contributed by atoms with Gasteiger partial charge >= 0.3 is 0 Å². The van der Waals surface area contributed by atoms with Crippen LogP contribution in [0.25, 0.3) is 72.0 Å². The van der Waals surface area contributed by atoms with E-state index in [1.54, 1.807) is 0 Å². The Morgan fingerprint density at radius 1 is 0.314 bits per heavy atom. The van der Waals surface area contributed by atoms with Gasteiger partial charge in [-0.05, 0) is 81.9 Å². The lowest BCUT2D eigenvalue weighted by Gasteiger charge is -2.24. The molecule has 8 aromatic carbocycles. The number of rotatable bonds is 3. The van der Waals surface area contributed by atoms with Gasteiger partial charge in [0.25, 0.3) is 0 Å². The second-order valence-electron chi connectivity index (χ2n) is 12.8. The molecule has 9 aromatic rings. The third kappa shape index (κ3) is 5.04. The van der Waals surface area contributed by atoms with E-state index in [-0.39, 0.29) is 0 Å². The summed E-state index contributed by atoms with van der Waals surface area (Å²) in [5, 5.41) is 2.52. The predicted molar refractivity (Wildman–Crippen MR) is 217 cm³/mol. The predicted octanol–water partition coefficient (Wildman–Crippen LogP) is 14.1. The van der Waals surface area contributed by atoms with Crippen LogP contribution in [0.5, 0.6) is 0 Å². The summed E-state index contributed by atoms with van der Waals surface area (Å²) in [6.07, 6.45) is 0. The second-order valence-corrected chi connectivity index (χ2v) is 15.0. The summed E-state index contributed by atoms with van der Waals surface area (Å²) < 4.78 is 2.41. The summed E-state index contributed by atoms with van der Waals surface area (Å²) in [7, 11) is 0. The van der Waals surface area contributed by atoms with Crippen LogP contribution in [0, 0.1) is 0 Å². The summed E-state index contributed by atoms with van der Waals surface area (Å²) in [4.78, 5) is 5.00. The van der Waals surface area contributed by atoms with Gasteiger partial charge in [0.2, 0.25) is 0 Å². The zero-order valence-corrected chi connectivity index (χ0v) is 29.3. The van der Waals surface area contributed by atoms with E-state index in [0.29, 0.717) is 0 Å². The number of hydrogen-bond donors (Lipinski definition) is 0. The number of fused-ring (bicyclic) bond motifs is 9. The van der Waals surface area contributed by atoms with Gasteiger partial charge in [0.1, 0.15) is 0 Å². The van der Waals surface area contributed by atoms with E-state index in [9.17, 15) is 0 Å². The SMILES string of the molecule is c1ccc(-c2cccc3c2-c2c(cccc2-c2cccc4c2c2ccccc2n4-c2ccccc2)Sc2ccccc2-c2ccccc2S3)cc1. The van der Waals surface area contributed by atoms with Crippen LogP contribution in [0.4, 0.5) is 0 Å². The van der Waals surface area contributed by atoms with Crippen molar-refractivity contribution in [2.75, 3.05) is 0 Å². The summed E-state index contributed by atoms with van der Waals surface area (Å²) in [5.41, 5.74) is 13.6. The maximum absolute atomic E-state index is 2.41. The average Bonchev–Trinajstić information content (AvgIpc) is 3.54. The summed E-state index contributed by atoms with van der Waals surface area (Å²) in [6.45, 7) is 0. The van der Waals surface area contributed by atoms with Crippen molar-refractivity contribution < 1.29 is 0 Å². The van der Waals surface area contributed by atoms with Gasteiger partial charge in [0.15, 0.2) is 0 Å². The molecule has 240 valence electrons. The van der Waals surface area contributed by atoms with Crippen LogP contribution in [0.15, 0.2) is 208 Å². The molecule has 1 aromatic heterocycles. The molecule has 0 saturated heterocycles. The minimum absolute atomic E-state index is 1.16. The van der Waals surface area contributed by atoms with Gasteiger partial charge in [-0.1, -0.05) is 163 Å². The van der Waals surface area contributed by atoms with Crippen molar-refractivity contribution in [2.45, 2.75) is 19.6 Å². The first kappa shape index (κ1) is 30.1. The molecule has 0 spiro atoms. The van der Waals surface area contributed by atoms with E-state index in [0.717, 1.165) is 5.69 Å². The van der Waals surface area contributed by atoms with E-state index < -0.39 is 0 Å². The molecule has 0 bridgehead atoms. The van der Waals surface area contributed by atoms with Crippen molar-refractivity contribution in [3.05, 3.63) is 188 Å². The summed E-state index contributed by atoms with van der Waals surface area (Å²) in [5.74, 6) is 0. The van der Waals surface area contributed by atoms with Crippen molar-refractivity contribution in [1.82, 2.24) is 4.57 Å². The molecule has 1 nitrogen and oxygen atoms in total. The zero-order valence-electron chi connectivity index (χ0n) is 27.7. The summed E-state index contributed by atoms with van der Waals surface area (Å²) >= 11 is 3.75.